The average molecular weight is 327 g/mol. The van der Waals surface area contributed by atoms with Crippen LogP contribution in [0.25, 0.3) is 0 Å². The van der Waals surface area contributed by atoms with Gasteiger partial charge < -0.3 is 20.0 Å². The molecule has 6 nitrogen and oxygen atoms in total. The van der Waals surface area contributed by atoms with Crippen LogP contribution in [-0.4, -0.2) is 29.8 Å². The zero-order valence-electron chi connectivity index (χ0n) is 14.1. The molecule has 0 bridgehead atoms. The third-order valence-corrected chi connectivity index (χ3v) is 4.12. The summed E-state index contributed by atoms with van der Waals surface area (Å²) in [6, 6.07) is 9.39. The van der Waals surface area contributed by atoms with Gasteiger partial charge in [-0.05, 0) is 32.0 Å². The summed E-state index contributed by atoms with van der Waals surface area (Å²) in [7, 11) is 0. The molecule has 0 aliphatic carbocycles. The molecule has 1 atom stereocenters. The zero-order valence-corrected chi connectivity index (χ0v) is 14.1. The molecule has 2 aromatic rings. The number of carbonyl (C=O) groups is 2. The number of fused-ring (bicyclic) bond motifs is 1. The van der Waals surface area contributed by atoms with Gasteiger partial charge in [-0.25, -0.2) is 0 Å². The Bertz CT molecular complexity index is 782. The molecule has 0 spiro atoms. The predicted octanol–water partition coefficient (Wildman–Crippen LogP) is 2.60. The number of nitrogens with one attached hydrogen (secondary N) is 2. The SMILES string of the molecule is CC(=O)NCCN1C(=O)c2ccccc2NC1c1cc(C)oc1C. The van der Waals surface area contributed by atoms with Gasteiger partial charge in [-0.2, -0.15) is 0 Å². The van der Waals surface area contributed by atoms with Crippen LogP contribution in [0.15, 0.2) is 34.7 Å². The van der Waals surface area contributed by atoms with Crippen molar-refractivity contribution < 1.29 is 14.0 Å². The molecule has 3 rings (SSSR count). The second-order valence-corrected chi connectivity index (χ2v) is 5.94. The quantitative estimate of drug-likeness (QED) is 0.905. The molecule has 2 amide bonds. The molecular weight excluding hydrogens is 306 g/mol. The van der Waals surface area contributed by atoms with E-state index in [1.165, 1.54) is 6.92 Å². The first-order valence-corrected chi connectivity index (χ1v) is 7.95. The van der Waals surface area contributed by atoms with Crippen LogP contribution in [0.2, 0.25) is 0 Å². The number of para-hydroxylation sites is 1. The van der Waals surface area contributed by atoms with E-state index in [9.17, 15) is 9.59 Å². The summed E-state index contributed by atoms with van der Waals surface area (Å²) < 4.78 is 5.63. The van der Waals surface area contributed by atoms with Crippen LogP contribution in [-0.2, 0) is 4.79 Å². The van der Waals surface area contributed by atoms with E-state index < -0.39 is 0 Å². The molecule has 126 valence electrons. The summed E-state index contributed by atoms with van der Waals surface area (Å²) in [5.41, 5.74) is 2.37. The number of hydrogen-bond donors (Lipinski definition) is 2. The highest BCUT2D eigenvalue weighted by atomic mass is 16.3. The van der Waals surface area contributed by atoms with Crippen molar-refractivity contribution in [2.24, 2.45) is 0 Å². The fourth-order valence-electron chi connectivity index (χ4n) is 3.04. The van der Waals surface area contributed by atoms with Gasteiger partial charge in [0.15, 0.2) is 0 Å². The molecule has 6 heteroatoms. The Morgan fingerprint density at radius 3 is 2.75 bits per heavy atom. The van der Waals surface area contributed by atoms with Gasteiger partial charge in [0.25, 0.3) is 5.91 Å². The van der Waals surface area contributed by atoms with Crippen LogP contribution >= 0.6 is 0 Å². The van der Waals surface area contributed by atoms with Crippen molar-refractivity contribution in [2.75, 3.05) is 18.4 Å². The Kier molecular flexibility index (Phi) is 4.29. The largest absolute Gasteiger partial charge is 0.466 e. The second kappa shape index (κ2) is 6.39. The molecule has 1 aliphatic rings. The molecule has 0 saturated carbocycles. The topological polar surface area (TPSA) is 74.6 Å². The van der Waals surface area contributed by atoms with E-state index in [4.69, 9.17) is 4.42 Å². The molecule has 1 aliphatic heterocycles. The van der Waals surface area contributed by atoms with Gasteiger partial charge in [-0.1, -0.05) is 12.1 Å². The minimum atomic E-state index is -0.321. The maximum Gasteiger partial charge on any atom is 0.257 e. The average Bonchev–Trinajstić information content (AvgIpc) is 2.87. The predicted molar refractivity (Wildman–Crippen MR) is 90.7 cm³/mol. The number of rotatable bonds is 4. The summed E-state index contributed by atoms with van der Waals surface area (Å²) in [6.07, 6.45) is -0.321. The number of nitrogens with zero attached hydrogens (tertiary/aromatic N) is 1. The number of furan rings is 1. The van der Waals surface area contributed by atoms with Crippen LogP contribution < -0.4 is 10.6 Å². The first-order valence-electron chi connectivity index (χ1n) is 7.95. The maximum absolute atomic E-state index is 12.9. The van der Waals surface area contributed by atoms with Crippen LogP contribution in [0, 0.1) is 13.8 Å². The first kappa shape index (κ1) is 16.1. The van der Waals surface area contributed by atoms with Crippen molar-refractivity contribution >= 4 is 17.5 Å². The Morgan fingerprint density at radius 2 is 2.08 bits per heavy atom. The molecule has 1 aromatic carbocycles. The summed E-state index contributed by atoms with van der Waals surface area (Å²) in [5, 5.41) is 6.16. The lowest BCUT2D eigenvalue weighted by Gasteiger charge is -2.37. The number of aryl methyl sites for hydroxylation is 2. The highest BCUT2D eigenvalue weighted by molar-refractivity contribution is 6.01. The molecular formula is C18H21N3O3. The molecule has 1 aromatic heterocycles. The van der Waals surface area contributed by atoms with Crippen LogP contribution in [0.3, 0.4) is 0 Å². The highest BCUT2D eigenvalue weighted by Gasteiger charge is 2.34. The summed E-state index contributed by atoms with van der Waals surface area (Å²) >= 11 is 0. The van der Waals surface area contributed by atoms with E-state index in [0.717, 1.165) is 22.8 Å². The number of benzene rings is 1. The van der Waals surface area contributed by atoms with Gasteiger partial charge in [-0.3, -0.25) is 9.59 Å². The Labute approximate surface area is 140 Å². The molecule has 0 radical (unpaired) electrons. The van der Waals surface area contributed by atoms with Gasteiger partial charge in [0.1, 0.15) is 17.7 Å². The van der Waals surface area contributed by atoms with Crippen molar-refractivity contribution in [3.05, 3.63) is 53.0 Å². The molecule has 0 fully saturated rings. The standard InChI is InChI=1S/C18H21N3O3/c1-11-10-15(12(2)24-11)17-20-16-7-5-4-6-14(16)18(23)21(17)9-8-19-13(3)22/h4-7,10,17,20H,8-9H2,1-3H3,(H,19,22). The lowest BCUT2D eigenvalue weighted by Crippen LogP contribution is -2.46. The van der Waals surface area contributed by atoms with Crippen LogP contribution in [0.1, 0.15) is 40.5 Å². The second-order valence-electron chi connectivity index (χ2n) is 5.94. The number of anilines is 1. The first-order chi connectivity index (χ1) is 11.5. The van der Waals surface area contributed by atoms with Crippen LogP contribution in [0.4, 0.5) is 5.69 Å². The molecule has 2 N–H and O–H groups in total. The summed E-state index contributed by atoms with van der Waals surface area (Å²) in [5.74, 6) is 1.41. The van der Waals surface area contributed by atoms with Gasteiger partial charge in [0.2, 0.25) is 5.91 Å². The normalized spacial score (nSPS) is 16.5. The van der Waals surface area contributed by atoms with E-state index in [0.29, 0.717) is 18.7 Å². The molecule has 1 unspecified atom stereocenters. The monoisotopic (exact) mass is 327 g/mol. The van der Waals surface area contributed by atoms with Gasteiger partial charge in [0.05, 0.1) is 5.56 Å². The van der Waals surface area contributed by atoms with E-state index in [1.807, 2.05) is 38.1 Å². The van der Waals surface area contributed by atoms with Gasteiger partial charge in [0, 0.05) is 31.3 Å². The smallest absolute Gasteiger partial charge is 0.257 e. The third kappa shape index (κ3) is 2.99. The Balaban J connectivity index is 1.95. The molecule has 24 heavy (non-hydrogen) atoms. The molecule has 2 heterocycles. The van der Waals surface area contributed by atoms with Crippen molar-refractivity contribution in [3.63, 3.8) is 0 Å². The minimum absolute atomic E-state index is 0.0574. The van der Waals surface area contributed by atoms with E-state index >= 15 is 0 Å². The Hall–Kier alpha value is -2.76. The maximum atomic E-state index is 12.9. The molecule has 0 saturated heterocycles. The number of amides is 2. The summed E-state index contributed by atoms with van der Waals surface area (Å²) in [4.78, 5) is 25.8. The van der Waals surface area contributed by atoms with Crippen molar-refractivity contribution in [3.8, 4) is 0 Å². The zero-order chi connectivity index (χ0) is 17.3. The Morgan fingerprint density at radius 1 is 1.33 bits per heavy atom. The van der Waals surface area contributed by atoms with E-state index in [1.54, 1.807) is 11.0 Å². The lowest BCUT2D eigenvalue weighted by atomic mass is 10.0. The fraction of sp³-hybridized carbons (Fsp3) is 0.333. The van der Waals surface area contributed by atoms with E-state index in [2.05, 4.69) is 10.6 Å². The van der Waals surface area contributed by atoms with Gasteiger partial charge in [-0.15, -0.1) is 0 Å². The fourth-order valence-corrected chi connectivity index (χ4v) is 3.04. The highest BCUT2D eigenvalue weighted by Crippen LogP contribution is 2.34. The van der Waals surface area contributed by atoms with Crippen molar-refractivity contribution in [1.82, 2.24) is 10.2 Å². The third-order valence-electron chi connectivity index (χ3n) is 4.12. The number of hydrogen-bond acceptors (Lipinski definition) is 4. The van der Waals surface area contributed by atoms with Crippen molar-refractivity contribution in [1.29, 1.82) is 0 Å². The number of carbonyl (C=O) groups excluding carboxylic acids is 2. The van der Waals surface area contributed by atoms with E-state index in [-0.39, 0.29) is 18.0 Å². The van der Waals surface area contributed by atoms with Crippen LogP contribution in [0.5, 0.6) is 0 Å². The van der Waals surface area contributed by atoms with Gasteiger partial charge >= 0.3 is 0 Å². The lowest BCUT2D eigenvalue weighted by molar-refractivity contribution is -0.119. The summed E-state index contributed by atoms with van der Waals surface area (Å²) in [6.45, 7) is 6.05. The minimum Gasteiger partial charge on any atom is -0.466 e. The van der Waals surface area contributed by atoms with Crippen molar-refractivity contribution in [2.45, 2.75) is 26.9 Å².